The lowest BCUT2D eigenvalue weighted by atomic mass is 9.95. The molecule has 1 amide bonds. The predicted molar refractivity (Wildman–Crippen MR) is 150 cm³/mol. The molecule has 39 heavy (non-hydrogen) atoms. The lowest BCUT2D eigenvalue weighted by Crippen LogP contribution is -2.31. The quantitative estimate of drug-likeness (QED) is 0.266. The number of fused-ring (bicyclic) bond motifs is 1. The van der Waals surface area contributed by atoms with Crippen molar-refractivity contribution < 1.29 is 19.0 Å². The molecule has 0 aliphatic carbocycles. The Labute approximate surface area is 235 Å². The van der Waals surface area contributed by atoms with E-state index in [-0.39, 0.29) is 12.5 Å². The zero-order valence-corrected chi connectivity index (χ0v) is 22.9. The Morgan fingerprint density at radius 1 is 1.03 bits per heavy atom. The van der Waals surface area contributed by atoms with Crippen molar-refractivity contribution in [1.29, 1.82) is 0 Å². The van der Waals surface area contributed by atoms with Crippen LogP contribution in [0.3, 0.4) is 0 Å². The fourth-order valence-electron chi connectivity index (χ4n) is 4.37. The van der Waals surface area contributed by atoms with E-state index >= 15 is 0 Å². The molecule has 2 N–H and O–H groups in total. The predicted octanol–water partition coefficient (Wildman–Crippen LogP) is 6.11. The number of benzene rings is 3. The van der Waals surface area contributed by atoms with Crippen LogP contribution >= 0.6 is 23.2 Å². The molecule has 11 heteroatoms. The van der Waals surface area contributed by atoms with Crippen LogP contribution in [0.4, 0.5) is 11.6 Å². The Kier molecular flexibility index (Phi) is 7.63. The van der Waals surface area contributed by atoms with Crippen molar-refractivity contribution in [3.8, 4) is 17.2 Å². The molecule has 0 radical (unpaired) electrons. The normalized spacial score (nSPS) is 14.3. The first-order chi connectivity index (χ1) is 18.9. The largest absolute Gasteiger partial charge is 0.497 e. The highest BCUT2D eigenvalue weighted by Crippen LogP contribution is 2.37. The van der Waals surface area contributed by atoms with Gasteiger partial charge < -0.3 is 24.8 Å². The standard InChI is InChI=1S/C28H25Cl2N5O4/c1-16-25(27(36)34-23-13-19(37-2)11-12-24(23)38-3)26(35-28(33-16)31-15-32-35)17-7-9-18(10-8-17)39-14-20-21(29)5-4-6-22(20)30/h4-13,15,26H,14H2,1-3H3,(H,34,36)(H,31,32,33). The van der Waals surface area contributed by atoms with E-state index in [1.54, 1.807) is 48.2 Å². The topological polar surface area (TPSA) is 99.5 Å². The van der Waals surface area contributed by atoms with Crippen LogP contribution in [0.1, 0.15) is 24.1 Å². The van der Waals surface area contributed by atoms with Gasteiger partial charge in [0.05, 0.1) is 25.5 Å². The molecule has 200 valence electrons. The monoisotopic (exact) mass is 565 g/mol. The summed E-state index contributed by atoms with van der Waals surface area (Å²) in [7, 11) is 3.10. The molecule has 0 spiro atoms. The number of carbonyl (C=O) groups excluding carboxylic acids is 1. The van der Waals surface area contributed by atoms with Crippen LogP contribution < -0.4 is 24.8 Å². The van der Waals surface area contributed by atoms with E-state index in [1.165, 1.54) is 13.4 Å². The summed E-state index contributed by atoms with van der Waals surface area (Å²) in [5.41, 5.74) is 3.12. The van der Waals surface area contributed by atoms with Crippen molar-refractivity contribution in [1.82, 2.24) is 14.8 Å². The maximum atomic E-state index is 13.7. The molecule has 1 aliphatic heterocycles. The van der Waals surface area contributed by atoms with E-state index in [2.05, 4.69) is 20.7 Å². The minimum atomic E-state index is -0.549. The van der Waals surface area contributed by atoms with Crippen molar-refractivity contribution in [2.24, 2.45) is 0 Å². The van der Waals surface area contributed by atoms with Gasteiger partial charge in [-0.1, -0.05) is 41.4 Å². The van der Waals surface area contributed by atoms with Crippen LogP contribution in [0.5, 0.6) is 17.2 Å². The van der Waals surface area contributed by atoms with Crippen LogP contribution in [0.15, 0.2) is 78.3 Å². The molecule has 0 fully saturated rings. The second kappa shape index (κ2) is 11.3. The molecule has 2 heterocycles. The molecule has 1 atom stereocenters. The van der Waals surface area contributed by atoms with E-state index in [0.717, 1.165) is 5.56 Å². The van der Waals surface area contributed by atoms with Gasteiger partial charge in [-0.3, -0.25) is 4.79 Å². The fourth-order valence-corrected chi connectivity index (χ4v) is 4.87. The van der Waals surface area contributed by atoms with Crippen molar-refractivity contribution in [3.05, 3.63) is 99.4 Å². The van der Waals surface area contributed by atoms with E-state index in [1.807, 2.05) is 31.2 Å². The number of nitrogens with one attached hydrogen (secondary N) is 2. The van der Waals surface area contributed by atoms with Gasteiger partial charge in [-0.25, -0.2) is 4.68 Å². The smallest absolute Gasteiger partial charge is 0.255 e. The number of hydrogen-bond donors (Lipinski definition) is 2. The van der Waals surface area contributed by atoms with Gasteiger partial charge in [-0.15, -0.1) is 0 Å². The second-order valence-corrected chi connectivity index (χ2v) is 9.49. The molecule has 0 bridgehead atoms. The maximum Gasteiger partial charge on any atom is 0.255 e. The Bertz CT molecular complexity index is 1530. The number of halogens is 2. The number of ether oxygens (including phenoxy) is 3. The van der Waals surface area contributed by atoms with Crippen LogP contribution in [0, 0.1) is 0 Å². The molecule has 1 aromatic heterocycles. The van der Waals surface area contributed by atoms with Gasteiger partial charge in [-0.2, -0.15) is 10.1 Å². The number of allylic oxidation sites excluding steroid dienone is 1. The lowest BCUT2D eigenvalue weighted by Gasteiger charge is -2.29. The van der Waals surface area contributed by atoms with E-state index in [0.29, 0.717) is 55.8 Å². The van der Waals surface area contributed by atoms with Gasteiger partial charge in [0.2, 0.25) is 5.95 Å². The molecule has 0 saturated heterocycles. The van der Waals surface area contributed by atoms with Crippen molar-refractivity contribution in [3.63, 3.8) is 0 Å². The Hall–Kier alpha value is -4.21. The Balaban J connectivity index is 1.43. The molecular weight excluding hydrogens is 541 g/mol. The molecule has 0 saturated carbocycles. The highest BCUT2D eigenvalue weighted by molar-refractivity contribution is 6.35. The number of nitrogens with zero attached hydrogens (tertiary/aromatic N) is 3. The summed E-state index contributed by atoms with van der Waals surface area (Å²) in [6, 6.07) is 17.4. The minimum absolute atomic E-state index is 0.216. The number of hydrogen-bond acceptors (Lipinski definition) is 7. The van der Waals surface area contributed by atoms with Gasteiger partial charge >= 0.3 is 0 Å². The summed E-state index contributed by atoms with van der Waals surface area (Å²) < 4.78 is 18.4. The van der Waals surface area contributed by atoms with Crippen LogP contribution in [-0.4, -0.2) is 34.9 Å². The van der Waals surface area contributed by atoms with Crippen LogP contribution in [0.2, 0.25) is 10.0 Å². The van der Waals surface area contributed by atoms with Crippen LogP contribution in [-0.2, 0) is 11.4 Å². The molecule has 1 unspecified atom stereocenters. The highest BCUT2D eigenvalue weighted by Gasteiger charge is 2.33. The number of carbonyl (C=O) groups is 1. The number of methoxy groups -OCH3 is 2. The average Bonchev–Trinajstić information content (AvgIpc) is 3.40. The van der Waals surface area contributed by atoms with Gasteiger partial charge in [0, 0.05) is 27.4 Å². The molecule has 4 aromatic rings. The Morgan fingerprint density at radius 3 is 2.44 bits per heavy atom. The van der Waals surface area contributed by atoms with E-state index in [9.17, 15) is 4.79 Å². The third kappa shape index (κ3) is 5.36. The number of anilines is 2. The minimum Gasteiger partial charge on any atom is -0.497 e. The van der Waals surface area contributed by atoms with Gasteiger partial charge in [-0.05, 0) is 48.9 Å². The second-order valence-electron chi connectivity index (χ2n) is 8.67. The van der Waals surface area contributed by atoms with E-state index < -0.39 is 6.04 Å². The van der Waals surface area contributed by atoms with Crippen LogP contribution in [0.25, 0.3) is 0 Å². The molecule has 5 rings (SSSR count). The number of aromatic nitrogens is 3. The zero-order chi connectivity index (χ0) is 27.5. The van der Waals surface area contributed by atoms with E-state index in [4.69, 9.17) is 37.4 Å². The maximum absolute atomic E-state index is 13.7. The highest BCUT2D eigenvalue weighted by atomic mass is 35.5. The number of rotatable bonds is 8. The molecule has 3 aromatic carbocycles. The van der Waals surface area contributed by atoms with Crippen molar-refractivity contribution in [2.45, 2.75) is 19.6 Å². The summed E-state index contributed by atoms with van der Waals surface area (Å²) in [6.45, 7) is 2.04. The molecule has 9 nitrogen and oxygen atoms in total. The summed E-state index contributed by atoms with van der Waals surface area (Å²) in [4.78, 5) is 18.0. The van der Waals surface area contributed by atoms with Crippen molar-refractivity contribution in [2.75, 3.05) is 24.9 Å². The summed E-state index contributed by atoms with van der Waals surface area (Å²) >= 11 is 12.5. The van der Waals surface area contributed by atoms with Gasteiger partial charge in [0.25, 0.3) is 5.91 Å². The molecular formula is C28H25Cl2N5O4. The fraction of sp³-hybridized carbons (Fsp3) is 0.179. The summed E-state index contributed by atoms with van der Waals surface area (Å²) in [5, 5.41) is 11.6. The van der Waals surface area contributed by atoms with Gasteiger partial charge in [0.1, 0.15) is 36.2 Å². The average molecular weight is 566 g/mol. The first-order valence-corrected chi connectivity index (χ1v) is 12.7. The first kappa shape index (κ1) is 26.4. The third-order valence-electron chi connectivity index (χ3n) is 6.33. The van der Waals surface area contributed by atoms with Gasteiger partial charge in [0.15, 0.2) is 0 Å². The molecule has 1 aliphatic rings. The third-order valence-corrected chi connectivity index (χ3v) is 7.04. The summed E-state index contributed by atoms with van der Waals surface area (Å²) in [5.74, 6) is 1.91. The SMILES string of the molecule is COc1ccc(OC)c(NC(=O)C2=C(C)Nc3ncnn3C2c2ccc(OCc3c(Cl)cccc3Cl)cc2)c1. The first-order valence-electron chi connectivity index (χ1n) is 12.0. The Morgan fingerprint density at radius 2 is 1.74 bits per heavy atom. The zero-order valence-electron chi connectivity index (χ0n) is 21.4. The lowest BCUT2D eigenvalue weighted by molar-refractivity contribution is -0.113. The number of amides is 1. The summed E-state index contributed by atoms with van der Waals surface area (Å²) in [6.07, 6.45) is 1.44. The van der Waals surface area contributed by atoms with Crippen molar-refractivity contribution >= 4 is 40.7 Å².